The van der Waals surface area contributed by atoms with Crippen molar-refractivity contribution in [2.24, 2.45) is 4.99 Å². The lowest BCUT2D eigenvalue weighted by atomic mass is 10.1. The fourth-order valence-corrected chi connectivity index (χ4v) is 6.13. The number of halogens is 1. The molecule has 0 saturated carbocycles. The fraction of sp³-hybridized carbons (Fsp3) is 0.226. The van der Waals surface area contributed by atoms with Crippen LogP contribution in [-0.2, 0) is 11.2 Å². The number of amides is 1. The smallest absolute Gasteiger partial charge is 0.266 e. The van der Waals surface area contributed by atoms with E-state index < -0.39 is 0 Å². The molecule has 1 amide bonds. The Morgan fingerprint density at radius 3 is 2.64 bits per heavy atom. The van der Waals surface area contributed by atoms with Crippen LogP contribution in [-0.4, -0.2) is 47.7 Å². The van der Waals surface area contributed by atoms with Crippen LogP contribution >= 0.6 is 11.8 Å². The zero-order valence-corrected chi connectivity index (χ0v) is 22.5. The van der Waals surface area contributed by atoms with Crippen molar-refractivity contribution in [3.8, 4) is 5.75 Å². The van der Waals surface area contributed by atoms with Gasteiger partial charge in [-0.05, 0) is 90.7 Å². The summed E-state index contributed by atoms with van der Waals surface area (Å²) in [5, 5.41) is 1.75. The van der Waals surface area contributed by atoms with E-state index in [1.54, 1.807) is 18.1 Å². The number of methoxy groups -OCH3 is 1. The largest absolute Gasteiger partial charge is 0.497 e. The van der Waals surface area contributed by atoms with E-state index in [9.17, 15) is 9.18 Å². The number of anilines is 1. The highest BCUT2D eigenvalue weighted by molar-refractivity contribution is 8.18. The zero-order chi connectivity index (χ0) is 26.8. The lowest BCUT2D eigenvalue weighted by Crippen LogP contribution is -2.31. The van der Waals surface area contributed by atoms with Gasteiger partial charge in [-0.3, -0.25) is 9.69 Å². The van der Waals surface area contributed by atoms with Gasteiger partial charge in [-0.2, -0.15) is 0 Å². The molecule has 39 heavy (non-hydrogen) atoms. The number of aromatic nitrogens is 1. The number of aliphatic imine (C=N–C) groups is 1. The monoisotopic (exact) mass is 540 g/mol. The average Bonchev–Trinajstić information content (AvgIpc) is 3.69. The molecule has 0 bridgehead atoms. The molecular weight excluding hydrogens is 511 g/mol. The van der Waals surface area contributed by atoms with Gasteiger partial charge in [0.05, 0.1) is 23.4 Å². The minimum absolute atomic E-state index is 0.129. The Morgan fingerprint density at radius 1 is 1.08 bits per heavy atom. The summed E-state index contributed by atoms with van der Waals surface area (Å²) in [6, 6.07) is 20.8. The predicted molar refractivity (Wildman–Crippen MR) is 157 cm³/mol. The molecule has 3 heterocycles. The third-order valence-electron chi connectivity index (χ3n) is 7.18. The molecule has 0 unspecified atom stereocenters. The highest BCUT2D eigenvalue weighted by Gasteiger charge is 2.33. The van der Waals surface area contributed by atoms with E-state index in [2.05, 4.69) is 16.0 Å². The molecule has 8 heteroatoms. The van der Waals surface area contributed by atoms with Crippen LogP contribution in [0.4, 0.5) is 15.8 Å². The van der Waals surface area contributed by atoms with E-state index in [4.69, 9.17) is 9.73 Å². The van der Waals surface area contributed by atoms with Crippen molar-refractivity contribution in [3.05, 3.63) is 94.8 Å². The minimum Gasteiger partial charge on any atom is -0.497 e. The lowest BCUT2D eigenvalue weighted by molar-refractivity contribution is -0.122. The maximum Gasteiger partial charge on any atom is 0.266 e. The Balaban J connectivity index is 1.29. The van der Waals surface area contributed by atoms with Gasteiger partial charge in [-0.1, -0.05) is 24.3 Å². The number of amidine groups is 1. The summed E-state index contributed by atoms with van der Waals surface area (Å²) < 4.78 is 20.2. The number of hydrogen-bond acceptors (Lipinski definition) is 5. The highest BCUT2D eigenvalue weighted by Crippen LogP contribution is 2.35. The average molecular weight is 541 g/mol. The maximum absolute atomic E-state index is 15.0. The van der Waals surface area contributed by atoms with Gasteiger partial charge in [0.15, 0.2) is 5.17 Å². The van der Waals surface area contributed by atoms with Crippen LogP contribution in [0.25, 0.3) is 17.0 Å². The summed E-state index contributed by atoms with van der Waals surface area (Å²) in [5.74, 6) is 0.353. The third-order valence-corrected chi connectivity index (χ3v) is 8.19. The second kappa shape index (κ2) is 11.0. The molecule has 6 rings (SSSR count). The number of rotatable bonds is 7. The first-order valence-electron chi connectivity index (χ1n) is 13.1. The Labute approximate surface area is 231 Å². The molecule has 1 N–H and O–H groups in total. The Hall–Kier alpha value is -4.04. The molecule has 0 atom stereocenters. The molecule has 3 aromatic carbocycles. The Morgan fingerprint density at radius 2 is 1.87 bits per heavy atom. The first kappa shape index (κ1) is 25.2. The van der Waals surface area contributed by atoms with E-state index in [1.165, 1.54) is 17.8 Å². The number of para-hydroxylation sites is 1. The SMILES string of the molecule is COc1ccc(N=C2SC(=Cc3ccc(N4CCCC4)c(F)c3)C(=O)N2CCc2c[nH]c3ccccc23)cc1. The molecule has 198 valence electrons. The van der Waals surface area contributed by atoms with Gasteiger partial charge in [0.1, 0.15) is 11.6 Å². The van der Waals surface area contributed by atoms with Crippen molar-refractivity contribution in [1.29, 1.82) is 0 Å². The molecule has 2 aliphatic rings. The number of aromatic amines is 1. The van der Waals surface area contributed by atoms with Gasteiger partial charge in [0.25, 0.3) is 5.91 Å². The number of benzene rings is 3. The molecule has 2 aliphatic heterocycles. The fourth-order valence-electron chi connectivity index (χ4n) is 5.11. The number of thioether (sulfide) groups is 1. The first-order chi connectivity index (χ1) is 19.1. The molecule has 0 aliphatic carbocycles. The highest BCUT2D eigenvalue weighted by atomic mass is 32.2. The van der Waals surface area contributed by atoms with Crippen molar-refractivity contribution in [3.63, 3.8) is 0 Å². The van der Waals surface area contributed by atoms with Crippen molar-refractivity contribution in [2.45, 2.75) is 19.3 Å². The summed E-state index contributed by atoms with van der Waals surface area (Å²) >= 11 is 1.32. The molecule has 2 saturated heterocycles. The van der Waals surface area contributed by atoms with Gasteiger partial charge in [0.2, 0.25) is 0 Å². The van der Waals surface area contributed by atoms with E-state index in [-0.39, 0.29) is 11.7 Å². The van der Waals surface area contributed by atoms with Crippen LogP contribution in [0.1, 0.15) is 24.0 Å². The van der Waals surface area contributed by atoms with Crippen molar-refractivity contribution in [2.75, 3.05) is 31.6 Å². The topological polar surface area (TPSA) is 60.9 Å². The van der Waals surface area contributed by atoms with Crippen LogP contribution in [0.15, 0.2) is 82.8 Å². The quantitative estimate of drug-likeness (QED) is 0.263. The van der Waals surface area contributed by atoms with Crippen molar-refractivity contribution < 1.29 is 13.9 Å². The van der Waals surface area contributed by atoms with E-state index in [1.807, 2.05) is 60.8 Å². The first-order valence-corrected chi connectivity index (χ1v) is 13.9. The third kappa shape index (κ3) is 5.29. The van der Waals surface area contributed by atoms with E-state index >= 15 is 0 Å². The molecular formula is C31H29FN4O2S. The maximum atomic E-state index is 15.0. The van der Waals surface area contributed by atoms with Gasteiger partial charge in [-0.25, -0.2) is 9.38 Å². The number of hydrogen-bond donors (Lipinski definition) is 1. The molecule has 2 fully saturated rings. The second-order valence-electron chi connectivity index (χ2n) is 9.67. The molecule has 0 radical (unpaired) electrons. The lowest BCUT2D eigenvalue weighted by Gasteiger charge is -2.18. The molecule has 0 spiro atoms. The summed E-state index contributed by atoms with van der Waals surface area (Å²) in [7, 11) is 1.62. The Bertz CT molecular complexity index is 1570. The normalized spacial score (nSPS) is 17.7. The standard InChI is InChI=1S/C31H29FN4O2S/c1-38-24-11-9-23(10-12-24)34-31-36(17-14-22-20-33-27-7-3-2-6-25(22)27)30(37)29(39-31)19-21-8-13-28(26(32)18-21)35-15-4-5-16-35/h2-3,6-13,18-20,33H,4-5,14-17H2,1H3. The summed E-state index contributed by atoms with van der Waals surface area (Å²) in [6.45, 7) is 2.23. The minimum atomic E-state index is -0.259. The summed E-state index contributed by atoms with van der Waals surface area (Å²) in [5.41, 5.74) is 4.23. The number of nitrogens with one attached hydrogen (secondary N) is 1. The molecule has 6 nitrogen and oxygen atoms in total. The second-order valence-corrected chi connectivity index (χ2v) is 10.7. The van der Waals surface area contributed by atoms with Crippen LogP contribution in [0.2, 0.25) is 0 Å². The van der Waals surface area contributed by atoms with E-state index in [0.717, 1.165) is 53.8 Å². The number of nitrogens with zero attached hydrogens (tertiary/aromatic N) is 3. The van der Waals surface area contributed by atoms with Crippen molar-refractivity contribution >= 4 is 51.2 Å². The van der Waals surface area contributed by atoms with Crippen LogP contribution in [0.3, 0.4) is 0 Å². The van der Waals surface area contributed by atoms with Crippen LogP contribution < -0.4 is 9.64 Å². The van der Waals surface area contributed by atoms with Gasteiger partial charge < -0.3 is 14.6 Å². The number of carbonyl (C=O) groups excluding carboxylic acids is 1. The van der Waals surface area contributed by atoms with Gasteiger partial charge in [-0.15, -0.1) is 0 Å². The Kier molecular flexibility index (Phi) is 7.11. The molecule has 1 aromatic heterocycles. The number of fused-ring (bicyclic) bond motifs is 1. The van der Waals surface area contributed by atoms with Crippen LogP contribution in [0.5, 0.6) is 5.75 Å². The van der Waals surface area contributed by atoms with Gasteiger partial charge >= 0.3 is 0 Å². The molecule has 4 aromatic rings. The van der Waals surface area contributed by atoms with Crippen LogP contribution in [0, 0.1) is 5.82 Å². The summed E-state index contributed by atoms with van der Waals surface area (Å²) in [6.07, 6.45) is 6.60. The van der Waals surface area contributed by atoms with Crippen molar-refractivity contribution in [1.82, 2.24) is 9.88 Å². The number of ether oxygens (including phenoxy) is 1. The van der Waals surface area contributed by atoms with E-state index in [0.29, 0.717) is 34.3 Å². The zero-order valence-electron chi connectivity index (χ0n) is 21.7. The number of carbonyl (C=O) groups is 1. The predicted octanol–water partition coefficient (Wildman–Crippen LogP) is 6.76. The number of H-pyrrole nitrogens is 1. The summed E-state index contributed by atoms with van der Waals surface area (Å²) in [4.78, 5) is 26.1. The van der Waals surface area contributed by atoms with Gasteiger partial charge in [0, 0.05) is 36.7 Å².